The number of thiazole rings is 1. The Morgan fingerprint density at radius 3 is 2.85 bits per heavy atom. The number of nitrogens with one attached hydrogen (secondary N) is 1. The predicted octanol–water partition coefficient (Wildman–Crippen LogP) is 1.20. The third-order valence-corrected chi connectivity index (χ3v) is 5.22. The first-order valence-corrected chi connectivity index (χ1v) is 7.92. The molecule has 0 bridgehead atoms. The highest BCUT2D eigenvalue weighted by molar-refractivity contribution is 7.09. The molecule has 1 saturated heterocycles. The summed E-state index contributed by atoms with van der Waals surface area (Å²) in [6.45, 7) is 4.22. The Bertz CT molecular complexity index is 527. The van der Waals surface area contributed by atoms with Crippen molar-refractivity contribution in [3.63, 3.8) is 0 Å². The molecule has 1 aromatic rings. The molecule has 1 saturated carbocycles. The molecule has 108 valence electrons. The Kier molecular flexibility index (Phi) is 3.28. The highest BCUT2D eigenvalue weighted by atomic mass is 32.1. The lowest BCUT2D eigenvalue weighted by molar-refractivity contribution is -0.154. The maximum absolute atomic E-state index is 12.7. The number of hydrogen-bond donors (Lipinski definition) is 1. The fraction of sp³-hybridized carbons (Fsp3) is 0.643. The molecule has 20 heavy (non-hydrogen) atoms. The van der Waals surface area contributed by atoms with Crippen molar-refractivity contribution in [1.29, 1.82) is 0 Å². The zero-order chi connectivity index (χ0) is 14.3. The lowest BCUT2D eigenvalue weighted by Gasteiger charge is -2.43. The molecule has 3 rings (SSSR count). The minimum Gasteiger partial charge on any atom is -0.340 e. The molecule has 1 aromatic heterocycles. The van der Waals surface area contributed by atoms with Gasteiger partial charge in [0.25, 0.3) is 0 Å². The molecule has 0 spiro atoms. The summed E-state index contributed by atoms with van der Waals surface area (Å²) in [5.74, 6) is 0.315. The van der Waals surface area contributed by atoms with Crippen LogP contribution in [0.2, 0.25) is 0 Å². The molecule has 2 heterocycles. The van der Waals surface area contributed by atoms with Crippen LogP contribution in [-0.2, 0) is 16.0 Å². The van der Waals surface area contributed by atoms with Crippen LogP contribution >= 0.6 is 11.3 Å². The van der Waals surface area contributed by atoms with Crippen LogP contribution in [0.4, 0.5) is 0 Å². The van der Waals surface area contributed by atoms with E-state index in [1.165, 1.54) is 0 Å². The molecule has 6 heteroatoms. The largest absolute Gasteiger partial charge is 0.340 e. The number of hydrogen-bond acceptors (Lipinski definition) is 4. The van der Waals surface area contributed by atoms with Crippen molar-refractivity contribution in [2.75, 3.05) is 6.54 Å². The minimum atomic E-state index is -0.702. The molecule has 2 fully saturated rings. The summed E-state index contributed by atoms with van der Waals surface area (Å²) in [5, 5.41) is 5.87. The smallest absolute Gasteiger partial charge is 0.249 e. The number of carbonyl (C=O) groups excluding carboxylic acids is 2. The third kappa shape index (κ3) is 2.22. The number of aromatic nitrogens is 1. The zero-order valence-electron chi connectivity index (χ0n) is 11.8. The second-order valence-corrected chi connectivity index (χ2v) is 6.80. The van der Waals surface area contributed by atoms with Gasteiger partial charge < -0.3 is 10.2 Å². The fourth-order valence-corrected chi connectivity index (χ4v) is 3.46. The van der Waals surface area contributed by atoms with E-state index >= 15 is 0 Å². The van der Waals surface area contributed by atoms with Gasteiger partial charge in [0.15, 0.2) is 0 Å². The van der Waals surface area contributed by atoms with Gasteiger partial charge in [-0.25, -0.2) is 4.98 Å². The summed E-state index contributed by atoms with van der Waals surface area (Å²) in [6.07, 6.45) is 4.53. The first kappa shape index (κ1) is 13.5. The summed E-state index contributed by atoms with van der Waals surface area (Å²) in [5.41, 5.74) is -0.702. The Morgan fingerprint density at radius 2 is 2.25 bits per heavy atom. The first-order valence-electron chi connectivity index (χ1n) is 7.04. The molecule has 2 amide bonds. The SMILES string of the molecule is CC1C(=O)NC(C)(C2CC2)C(=O)N1CCc1nccs1. The maximum Gasteiger partial charge on any atom is 0.249 e. The van der Waals surface area contributed by atoms with Gasteiger partial charge in [0.1, 0.15) is 11.6 Å². The fourth-order valence-electron chi connectivity index (χ4n) is 2.85. The Morgan fingerprint density at radius 1 is 1.50 bits per heavy atom. The van der Waals surface area contributed by atoms with E-state index in [0.717, 1.165) is 17.8 Å². The van der Waals surface area contributed by atoms with Crippen LogP contribution in [0.3, 0.4) is 0 Å². The van der Waals surface area contributed by atoms with Gasteiger partial charge in [-0.1, -0.05) is 0 Å². The van der Waals surface area contributed by atoms with Crippen LogP contribution in [0.15, 0.2) is 11.6 Å². The summed E-state index contributed by atoms with van der Waals surface area (Å²) in [7, 11) is 0. The van der Waals surface area contributed by atoms with Gasteiger partial charge in [0, 0.05) is 24.5 Å². The summed E-state index contributed by atoms with van der Waals surface area (Å²) in [4.78, 5) is 30.8. The summed E-state index contributed by atoms with van der Waals surface area (Å²) >= 11 is 1.58. The Hall–Kier alpha value is -1.43. The lowest BCUT2D eigenvalue weighted by atomic mass is 9.89. The first-order chi connectivity index (χ1) is 9.52. The molecule has 0 radical (unpaired) electrons. The van der Waals surface area contributed by atoms with E-state index in [-0.39, 0.29) is 11.8 Å². The molecule has 2 atom stereocenters. The van der Waals surface area contributed by atoms with Gasteiger partial charge >= 0.3 is 0 Å². The van der Waals surface area contributed by atoms with Crippen LogP contribution in [-0.4, -0.2) is 39.8 Å². The number of rotatable bonds is 4. The molecular formula is C14H19N3O2S. The van der Waals surface area contributed by atoms with Gasteiger partial charge in [0.2, 0.25) is 11.8 Å². The molecule has 5 nitrogen and oxygen atoms in total. The van der Waals surface area contributed by atoms with E-state index in [4.69, 9.17) is 0 Å². The average molecular weight is 293 g/mol. The van der Waals surface area contributed by atoms with E-state index < -0.39 is 11.6 Å². The van der Waals surface area contributed by atoms with Crippen molar-refractivity contribution in [1.82, 2.24) is 15.2 Å². The Balaban J connectivity index is 1.76. The van der Waals surface area contributed by atoms with Crippen molar-refractivity contribution in [2.24, 2.45) is 5.92 Å². The summed E-state index contributed by atoms with van der Waals surface area (Å²) in [6, 6.07) is -0.394. The van der Waals surface area contributed by atoms with Crippen LogP contribution < -0.4 is 5.32 Å². The average Bonchev–Trinajstić information content (AvgIpc) is 3.15. The zero-order valence-corrected chi connectivity index (χ0v) is 12.6. The van der Waals surface area contributed by atoms with E-state index in [1.807, 2.05) is 12.3 Å². The maximum atomic E-state index is 12.7. The number of piperazine rings is 1. The summed E-state index contributed by atoms with van der Waals surface area (Å²) < 4.78 is 0. The lowest BCUT2D eigenvalue weighted by Crippen LogP contribution is -2.69. The van der Waals surface area contributed by atoms with Crippen LogP contribution in [0.25, 0.3) is 0 Å². The monoisotopic (exact) mass is 293 g/mol. The molecule has 1 aliphatic carbocycles. The highest BCUT2D eigenvalue weighted by Crippen LogP contribution is 2.42. The molecular weight excluding hydrogens is 274 g/mol. The van der Waals surface area contributed by atoms with Gasteiger partial charge in [-0.15, -0.1) is 11.3 Å². The van der Waals surface area contributed by atoms with Crippen LogP contribution in [0, 0.1) is 5.92 Å². The van der Waals surface area contributed by atoms with Gasteiger partial charge in [-0.2, -0.15) is 0 Å². The van der Waals surface area contributed by atoms with E-state index in [0.29, 0.717) is 18.9 Å². The van der Waals surface area contributed by atoms with Gasteiger partial charge in [-0.05, 0) is 32.6 Å². The molecule has 0 aromatic carbocycles. The minimum absolute atomic E-state index is 0.0434. The van der Waals surface area contributed by atoms with Crippen molar-refractivity contribution >= 4 is 23.2 Å². The normalized spacial score (nSPS) is 30.5. The second-order valence-electron chi connectivity index (χ2n) is 5.82. The predicted molar refractivity (Wildman–Crippen MR) is 76.3 cm³/mol. The van der Waals surface area contributed by atoms with Crippen molar-refractivity contribution < 1.29 is 9.59 Å². The van der Waals surface area contributed by atoms with E-state index in [1.54, 1.807) is 29.4 Å². The van der Waals surface area contributed by atoms with Crippen molar-refractivity contribution in [2.45, 2.75) is 44.7 Å². The molecule has 2 unspecified atom stereocenters. The molecule has 2 aliphatic rings. The van der Waals surface area contributed by atoms with Crippen molar-refractivity contribution in [3.05, 3.63) is 16.6 Å². The van der Waals surface area contributed by atoms with Gasteiger partial charge in [0.05, 0.1) is 5.01 Å². The molecule has 1 aliphatic heterocycles. The molecule has 1 N–H and O–H groups in total. The third-order valence-electron chi connectivity index (χ3n) is 4.38. The topological polar surface area (TPSA) is 62.3 Å². The number of nitrogens with zero attached hydrogens (tertiary/aromatic N) is 2. The number of amides is 2. The van der Waals surface area contributed by atoms with Gasteiger partial charge in [-0.3, -0.25) is 9.59 Å². The Labute approximate surface area is 122 Å². The second kappa shape index (κ2) is 4.84. The van der Waals surface area contributed by atoms with E-state index in [9.17, 15) is 9.59 Å². The van der Waals surface area contributed by atoms with Crippen LogP contribution in [0.1, 0.15) is 31.7 Å². The van der Waals surface area contributed by atoms with E-state index in [2.05, 4.69) is 10.3 Å². The van der Waals surface area contributed by atoms with Crippen molar-refractivity contribution in [3.8, 4) is 0 Å². The quantitative estimate of drug-likeness (QED) is 0.907. The number of carbonyl (C=O) groups is 2. The highest BCUT2D eigenvalue weighted by Gasteiger charge is 2.54. The van der Waals surface area contributed by atoms with Crippen LogP contribution in [0.5, 0.6) is 0 Å². The standard InChI is InChI=1S/C14H19N3O2S/c1-9-12(18)16-14(2,10-3-4-10)13(19)17(9)7-5-11-15-6-8-20-11/h6,8-10H,3-5,7H2,1-2H3,(H,16,18).